The molecule has 1 atom stereocenters. The fourth-order valence-corrected chi connectivity index (χ4v) is 4.80. The molecule has 0 spiro atoms. The number of fused-ring (bicyclic) bond motifs is 1. The minimum absolute atomic E-state index is 0.140. The summed E-state index contributed by atoms with van der Waals surface area (Å²) in [5.74, 6) is 0.140. The standard InChI is InChI=1S/C21H24O3S/c1-12-5-6-18-16(9-12)10-19(25-18)21(23)24-11-17(22)20-14(3)7-13(2)8-15(20)4/h7-8,10,12H,5-6,9,11H2,1-4H3/t12-/m0/s1. The van der Waals surface area contributed by atoms with Crippen molar-refractivity contribution in [3.63, 3.8) is 0 Å². The summed E-state index contributed by atoms with van der Waals surface area (Å²) < 4.78 is 5.31. The number of hydrogen-bond acceptors (Lipinski definition) is 4. The first kappa shape index (κ1) is 17.9. The molecule has 132 valence electrons. The fraction of sp³-hybridized carbons (Fsp3) is 0.429. The summed E-state index contributed by atoms with van der Waals surface area (Å²) >= 11 is 1.52. The Morgan fingerprint density at radius 1 is 1.16 bits per heavy atom. The van der Waals surface area contributed by atoms with Crippen LogP contribution in [-0.2, 0) is 17.6 Å². The van der Waals surface area contributed by atoms with Gasteiger partial charge in [-0.2, -0.15) is 0 Å². The van der Waals surface area contributed by atoms with Crippen LogP contribution in [-0.4, -0.2) is 18.4 Å². The van der Waals surface area contributed by atoms with Gasteiger partial charge in [-0.3, -0.25) is 4.79 Å². The Kier molecular flexibility index (Phi) is 5.09. The Morgan fingerprint density at radius 2 is 1.84 bits per heavy atom. The van der Waals surface area contributed by atoms with E-state index in [4.69, 9.17) is 4.74 Å². The molecule has 1 aliphatic rings. The zero-order valence-electron chi connectivity index (χ0n) is 15.3. The molecule has 1 aromatic heterocycles. The Morgan fingerprint density at radius 3 is 2.52 bits per heavy atom. The van der Waals surface area contributed by atoms with Crippen molar-refractivity contribution >= 4 is 23.1 Å². The number of rotatable bonds is 4. The van der Waals surface area contributed by atoms with Crippen molar-refractivity contribution in [2.24, 2.45) is 5.92 Å². The molecule has 1 heterocycles. The van der Waals surface area contributed by atoms with Gasteiger partial charge in [-0.05, 0) is 68.7 Å². The maximum absolute atomic E-state index is 12.5. The first-order chi connectivity index (χ1) is 11.8. The molecule has 2 aromatic rings. The second-order valence-electron chi connectivity index (χ2n) is 7.18. The number of carbonyl (C=O) groups is 2. The summed E-state index contributed by atoms with van der Waals surface area (Å²) in [7, 11) is 0. The van der Waals surface area contributed by atoms with Crippen LogP contribution in [0, 0.1) is 26.7 Å². The van der Waals surface area contributed by atoms with Crippen LogP contribution in [0.3, 0.4) is 0 Å². The number of carbonyl (C=O) groups excluding carboxylic acids is 2. The van der Waals surface area contributed by atoms with Crippen LogP contribution < -0.4 is 0 Å². The molecule has 0 N–H and O–H groups in total. The average molecular weight is 356 g/mol. The fourth-order valence-electron chi connectivity index (χ4n) is 3.70. The van der Waals surface area contributed by atoms with E-state index in [1.807, 2.05) is 39.0 Å². The monoisotopic (exact) mass is 356 g/mol. The van der Waals surface area contributed by atoms with Gasteiger partial charge in [0, 0.05) is 10.4 Å². The minimum Gasteiger partial charge on any atom is -0.453 e. The molecule has 0 bridgehead atoms. The lowest BCUT2D eigenvalue weighted by Crippen LogP contribution is -2.16. The maximum atomic E-state index is 12.5. The van der Waals surface area contributed by atoms with Crippen LogP contribution in [0.2, 0.25) is 0 Å². The van der Waals surface area contributed by atoms with Crippen molar-refractivity contribution in [2.45, 2.75) is 47.0 Å². The molecule has 3 nitrogen and oxygen atoms in total. The zero-order chi connectivity index (χ0) is 18.1. The van der Waals surface area contributed by atoms with E-state index < -0.39 is 0 Å². The summed E-state index contributed by atoms with van der Waals surface area (Å²) in [6.07, 6.45) is 3.24. The second-order valence-corrected chi connectivity index (χ2v) is 8.32. The van der Waals surface area contributed by atoms with Crippen LogP contribution >= 0.6 is 11.3 Å². The highest BCUT2D eigenvalue weighted by Gasteiger charge is 2.22. The highest BCUT2D eigenvalue weighted by Crippen LogP contribution is 2.32. The van der Waals surface area contributed by atoms with Gasteiger partial charge in [0.25, 0.3) is 0 Å². The predicted molar refractivity (Wildman–Crippen MR) is 101 cm³/mol. The number of esters is 1. The van der Waals surface area contributed by atoms with E-state index in [1.165, 1.54) is 28.2 Å². The van der Waals surface area contributed by atoms with Gasteiger partial charge in [0.1, 0.15) is 4.88 Å². The molecule has 0 unspecified atom stereocenters. The van der Waals surface area contributed by atoms with Gasteiger partial charge < -0.3 is 4.74 Å². The predicted octanol–water partition coefficient (Wildman–Crippen LogP) is 4.84. The van der Waals surface area contributed by atoms with Gasteiger partial charge in [0.15, 0.2) is 6.61 Å². The van der Waals surface area contributed by atoms with E-state index in [2.05, 4.69) is 6.92 Å². The largest absolute Gasteiger partial charge is 0.453 e. The van der Waals surface area contributed by atoms with Gasteiger partial charge in [-0.1, -0.05) is 24.6 Å². The average Bonchev–Trinajstić information content (AvgIpc) is 2.94. The Balaban J connectivity index is 1.68. The summed E-state index contributed by atoms with van der Waals surface area (Å²) in [4.78, 5) is 26.7. The molecule has 1 aliphatic carbocycles. The molecule has 0 saturated heterocycles. The molecule has 0 radical (unpaired) electrons. The van der Waals surface area contributed by atoms with E-state index in [9.17, 15) is 9.59 Å². The molecule has 0 amide bonds. The molecular formula is C21H24O3S. The van der Waals surface area contributed by atoms with Gasteiger partial charge in [-0.15, -0.1) is 11.3 Å². The van der Waals surface area contributed by atoms with E-state index in [1.54, 1.807) is 0 Å². The van der Waals surface area contributed by atoms with Crippen molar-refractivity contribution < 1.29 is 14.3 Å². The van der Waals surface area contributed by atoms with E-state index in [0.717, 1.165) is 29.5 Å². The third kappa shape index (κ3) is 3.84. The maximum Gasteiger partial charge on any atom is 0.348 e. The Bertz CT molecular complexity index is 809. The number of aryl methyl sites for hydroxylation is 4. The SMILES string of the molecule is Cc1cc(C)c(C(=O)COC(=O)c2cc3c(s2)CC[C@H](C)C3)c(C)c1. The van der Waals surface area contributed by atoms with E-state index in [-0.39, 0.29) is 18.4 Å². The summed E-state index contributed by atoms with van der Waals surface area (Å²) in [6, 6.07) is 5.91. The number of thiophene rings is 1. The lowest BCUT2D eigenvalue weighted by atomic mass is 9.90. The number of benzene rings is 1. The third-order valence-electron chi connectivity index (χ3n) is 4.82. The first-order valence-corrected chi connectivity index (χ1v) is 9.56. The molecule has 3 rings (SSSR count). The molecule has 0 saturated carbocycles. The highest BCUT2D eigenvalue weighted by atomic mass is 32.1. The van der Waals surface area contributed by atoms with Crippen LogP contribution in [0.15, 0.2) is 18.2 Å². The topological polar surface area (TPSA) is 43.4 Å². The number of Topliss-reactive ketones (excluding diaryl/α,β-unsaturated/α-hetero) is 1. The first-order valence-electron chi connectivity index (χ1n) is 8.75. The minimum atomic E-state index is -0.386. The van der Waals surface area contributed by atoms with Crippen LogP contribution in [0.4, 0.5) is 0 Å². The van der Waals surface area contributed by atoms with Crippen molar-refractivity contribution in [3.8, 4) is 0 Å². The van der Waals surface area contributed by atoms with Crippen molar-refractivity contribution in [3.05, 3.63) is 55.8 Å². The van der Waals surface area contributed by atoms with Gasteiger partial charge in [0.05, 0.1) is 0 Å². The normalized spacial score (nSPS) is 16.4. The van der Waals surface area contributed by atoms with E-state index in [0.29, 0.717) is 16.4 Å². The summed E-state index contributed by atoms with van der Waals surface area (Å²) in [5.41, 5.74) is 4.92. The third-order valence-corrected chi connectivity index (χ3v) is 6.04. The lowest BCUT2D eigenvalue weighted by Gasteiger charge is -2.16. The van der Waals surface area contributed by atoms with Gasteiger partial charge >= 0.3 is 5.97 Å². The van der Waals surface area contributed by atoms with Crippen LogP contribution in [0.1, 0.15) is 60.5 Å². The Hall–Kier alpha value is -1.94. The lowest BCUT2D eigenvalue weighted by molar-refractivity contribution is 0.0479. The second kappa shape index (κ2) is 7.12. The summed E-state index contributed by atoms with van der Waals surface area (Å²) in [6.45, 7) is 7.88. The number of hydrogen-bond donors (Lipinski definition) is 0. The van der Waals surface area contributed by atoms with Crippen LogP contribution in [0.25, 0.3) is 0 Å². The molecule has 1 aromatic carbocycles. The smallest absolute Gasteiger partial charge is 0.348 e. The zero-order valence-corrected chi connectivity index (χ0v) is 16.1. The number of ketones is 1. The molecule has 0 aliphatic heterocycles. The quantitative estimate of drug-likeness (QED) is 0.582. The van der Waals surface area contributed by atoms with Crippen molar-refractivity contribution in [1.29, 1.82) is 0 Å². The molecule has 0 fully saturated rings. The van der Waals surface area contributed by atoms with Crippen molar-refractivity contribution in [2.75, 3.05) is 6.61 Å². The summed E-state index contributed by atoms with van der Waals surface area (Å²) in [5, 5.41) is 0. The van der Waals surface area contributed by atoms with Gasteiger partial charge in [0.2, 0.25) is 5.78 Å². The molecular weight excluding hydrogens is 332 g/mol. The molecule has 25 heavy (non-hydrogen) atoms. The Labute approximate surface area is 153 Å². The molecule has 4 heteroatoms. The highest BCUT2D eigenvalue weighted by molar-refractivity contribution is 7.14. The number of ether oxygens (including phenoxy) is 1. The van der Waals surface area contributed by atoms with E-state index >= 15 is 0 Å². The van der Waals surface area contributed by atoms with Crippen molar-refractivity contribution in [1.82, 2.24) is 0 Å². The van der Waals surface area contributed by atoms with Gasteiger partial charge in [-0.25, -0.2) is 4.79 Å². The van der Waals surface area contributed by atoms with Crippen LogP contribution in [0.5, 0.6) is 0 Å².